The fourth-order valence-corrected chi connectivity index (χ4v) is 1.66. The van der Waals surface area contributed by atoms with Gasteiger partial charge in [-0.05, 0) is 25.8 Å². The Bertz CT molecular complexity index is 424. The Morgan fingerprint density at radius 3 is 2.81 bits per heavy atom. The average Bonchev–Trinajstić information content (AvgIpc) is 2.24. The zero-order valence-electron chi connectivity index (χ0n) is 9.66. The van der Waals surface area contributed by atoms with Gasteiger partial charge >= 0.3 is 5.97 Å². The molecule has 1 rings (SSSR count). The van der Waals surface area contributed by atoms with E-state index in [9.17, 15) is 4.79 Å². The van der Waals surface area contributed by atoms with Crippen LogP contribution in [-0.4, -0.2) is 11.1 Å². The zero-order valence-corrected chi connectivity index (χ0v) is 9.66. The summed E-state index contributed by atoms with van der Waals surface area (Å²) >= 11 is 0. The van der Waals surface area contributed by atoms with Crippen LogP contribution in [0.1, 0.15) is 36.8 Å². The average molecular weight is 216 g/mol. The fourth-order valence-electron chi connectivity index (χ4n) is 1.66. The Morgan fingerprint density at radius 2 is 2.25 bits per heavy atom. The highest BCUT2D eigenvalue weighted by molar-refractivity contribution is 5.76. The molecule has 2 heteroatoms. The predicted molar refractivity (Wildman–Crippen MR) is 64.2 cm³/mol. The molecule has 0 aliphatic rings. The molecule has 0 aliphatic carbocycles. The van der Waals surface area contributed by atoms with Crippen LogP contribution < -0.4 is 0 Å². The maximum atomic E-state index is 11.2. The Labute approximate surface area is 96.3 Å². The molecule has 0 aliphatic heterocycles. The van der Waals surface area contributed by atoms with Crippen molar-refractivity contribution < 1.29 is 9.90 Å². The van der Waals surface area contributed by atoms with Gasteiger partial charge < -0.3 is 5.11 Å². The third-order valence-corrected chi connectivity index (χ3v) is 2.48. The van der Waals surface area contributed by atoms with Crippen molar-refractivity contribution in [2.75, 3.05) is 0 Å². The third-order valence-electron chi connectivity index (χ3n) is 2.48. The van der Waals surface area contributed by atoms with Gasteiger partial charge in [0.25, 0.3) is 0 Å². The highest BCUT2D eigenvalue weighted by Crippen LogP contribution is 2.22. The molecule has 16 heavy (non-hydrogen) atoms. The van der Waals surface area contributed by atoms with Crippen LogP contribution in [0, 0.1) is 18.8 Å². The lowest BCUT2D eigenvalue weighted by Gasteiger charge is -2.11. The molecule has 1 N–H and O–H groups in total. The molecule has 0 spiro atoms. The first-order chi connectivity index (χ1) is 7.65. The highest BCUT2D eigenvalue weighted by atomic mass is 16.4. The summed E-state index contributed by atoms with van der Waals surface area (Å²) in [6.45, 7) is 3.73. The van der Waals surface area contributed by atoms with Gasteiger partial charge in [0.1, 0.15) is 0 Å². The number of aryl methyl sites for hydroxylation is 1. The third kappa shape index (κ3) is 3.43. The quantitative estimate of drug-likeness (QED) is 0.786. The second-order valence-electron chi connectivity index (χ2n) is 3.77. The van der Waals surface area contributed by atoms with Gasteiger partial charge in [0.05, 0.1) is 5.92 Å². The number of hydrogen-bond donors (Lipinski definition) is 1. The summed E-state index contributed by atoms with van der Waals surface area (Å²) in [5.74, 6) is 4.47. The summed E-state index contributed by atoms with van der Waals surface area (Å²) in [4.78, 5) is 11.2. The standard InChI is InChI=1S/C14H16O2/c1-3-4-5-9-13(14(15)16)12-8-6-7-11(2)10-12/h6-8,10,13H,5,9H2,1-2H3,(H,15,16). The maximum Gasteiger partial charge on any atom is 0.311 e. The minimum absolute atomic E-state index is 0.444. The lowest BCUT2D eigenvalue weighted by atomic mass is 9.93. The minimum Gasteiger partial charge on any atom is -0.481 e. The van der Waals surface area contributed by atoms with Gasteiger partial charge in [0.2, 0.25) is 0 Å². The van der Waals surface area contributed by atoms with E-state index in [1.54, 1.807) is 6.92 Å². The molecule has 0 saturated carbocycles. The molecule has 1 aromatic carbocycles. The number of carbonyl (C=O) groups is 1. The topological polar surface area (TPSA) is 37.3 Å². The van der Waals surface area contributed by atoms with E-state index < -0.39 is 11.9 Å². The number of benzene rings is 1. The maximum absolute atomic E-state index is 11.2. The smallest absolute Gasteiger partial charge is 0.311 e. The first-order valence-electron chi connectivity index (χ1n) is 5.34. The number of hydrogen-bond acceptors (Lipinski definition) is 1. The van der Waals surface area contributed by atoms with Gasteiger partial charge in [0.15, 0.2) is 0 Å². The monoisotopic (exact) mass is 216 g/mol. The lowest BCUT2D eigenvalue weighted by molar-refractivity contribution is -0.138. The molecule has 0 radical (unpaired) electrons. The van der Waals surface area contributed by atoms with E-state index in [0.717, 1.165) is 11.1 Å². The van der Waals surface area contributed by atoms with Crippen LogP contribution in [-0.2, 0) is 4.79 Å². The molecule has 1 atom stereocenters. The SMILES string of the molecule is CC#CCCC(C(=O)O)c1cccc(C)c1. The number of rotatable bonds is 4. The summed E-state index contributed by atoms with van der Waals surface area (Å²) in [7, 11) is 0. The lowest BCUT2D eigenvalue weighted by Crippen LogP contribution is -2.11. The zero-order chi connectivity index (χ0) is 12.0. The van der Waals surface area contributed by atoms with Crippen molar-refractivity contribution in [3.05, 3.63) is 35.4 Å². The summed E-state index contributed by atoms with van der Waals surface area (Å²) in [5.41, 5.74) is 1.95. The van der Waals surface area contributed by atoms with E-state index in [4.69, 9.17) is 5.11 Å². The van der Waals surface area contributed by atoms with E-state index >= 15 is 0 Å². The van der Waals surface area contributed by atoms with Crippen molar-refractivity contribution in [3.63, 3.8) is 0 Å². The van der Waals surface area contributed by atoms with Crippen molar-refractivity contribution >= 4 is 5.97 Å². The van der Waals surface area contributed by atoms with Crippen molar-refractivity contribution in [1.82, 2.24) is 0 Å². The molecular formula is C14H16O2. The van der Waals surface area contributed by atoms with E-state index in [1.165, 1.54) is 0 Å². The van der Waals surface area contributed by atoms with Gasteiger partial charge in [-0.3, -0.25) is 4.79 Å². The molecule has 0 saturated heterocycles. The Hall–Kier alpha value is -1.75. The molecule has 0 heterocycles. The molecule has 1 unspecified atom stereocenters. The normalized spacial score (nSPS) is 11.4. The van der Waals surface area contributed by atoms with Crippen LogP contribution in [0.2, 0.25) is 0 Å². The van der Waals surface area contributed by atoms with Gasteiger partial charge in [-0.25, -0.2) is 0 Å². The Kier molecular flexibility index (Phi) is 4.60. The van der Waals surface area contributed by atoms with Gasteiger partial charge in [-0.1, -0.05) is 29.8 Å². The molecule has 2 nitrogen and oxygen atoms in total. The first-order valence-corrected chi connectivity index (χ1v) is 5.34. The van der Waals surface area contributed by atoms with Crippen molar-refractivity contribution in [3.8, 4) is 11.8 Å². The van der Waals surface area contributed by atoms with Gasteiger partial charge in [0, 0.05) is 6.42 Å². The second kappa shape index (κ2) is 5.97. The summed E-state index contributed by atoms with van der Waals surface area (Å²) in [5, 5.41) is 9.17. The molecule has 0 bridgehead atoms. The molecule has 0 aromatic heterocycles. The Morgan fingerprint density at radius 1 is 1.50 bits per heavy atom. The molecule has 84 valence electrons. The van der Waals surface area contributed by atoms with Crippen LogP contribution in [0.5, 0.6) is 0 Å². The summed E-state index contributed by atoms with van der Waals surface area (Å²) in [6, 6.07) is 7.66. The van der Waals surface area contributed by atoms with Crippen LogP contribution in [0.25, 0.3) is 0 Å². The van der Waals surface area contributed by atoms with E-state index in [0.29, 0.717) is 12.8 Å². The second-order valence-corrected chi connectivity index (χ2v) is 3.77. The summed E-state index contributed by atoms with van der Waals surface area (Å²) < 4.78 is 0. The number of aliphatic carboxylic acids is 1. The van der Waals surface area contributed by atoms with Crippen molar-refractivity contribution in [2.45, 2.75) is 32.6 Å². The predicted octanol–water partition coefficient (Wildman–Crippen LogP) is 2.97. The van der Waals surface area contributed by atoms with Crippen LogP contribution >= 0.6 is 0 Å². The van der Waals surface area contributed by atoms with Gasteiger partial charge in [-0.15, -0.1) is 11.8 Å². The molecule has 1 aromatic rings. The van der Waals surface area contributed by atoms with E-state index in [2.05, 4.69) is 11.8 Å². The molecule has 0 fully saturated rings. The largest absolute Gasteiger partial charge is 0.481 e. The Balaban J connectivity index is 2.84. The van der Waals surface area contributed by atoms with Crippen molar-refractivity contribution in [2.24, 2.45) is 0 Å². The van der Waals surface area contributed by atoms with Crippen LogP contribution in [0.3, 0.4) is 0 Å². The first kappa shape index (κ1) is 12.3. The van der Waals surface area contributed by atoms with Crippen molar-refractivity contribution in [1.29, 1.82) is 0 Å². The van der Waals surface area contributed by atoms with E-state index in [-0.39, 0.29) is 0 Å². The van der Waals surface area contributed by atoms with Gasteiger partial charge in [-0.2, -0.15) is 0 Å². The minimum atomic E-state index is -0.775. The molecule has 0 amide bonds. The summed E-state index contributed by atoms with van der Waals surface area (Å²) in [6.07, 6.45) is 1.20. The highest BCUT2D eigenvalue weighted by Gasteiger charge is 2.18. The van der Waals surface area contributed by atoms with Crippen LogP contribution in [0.4, 0.5) is 0 Å². The van der Waals surface area contributed by atoms with E-state index in [1.807, 2.05) is 31.2 Å². The number of carboxylic acid groups (broad SMARTS) is 1. The molecular weight excluding hydrogens is 200 g/mol. The van der Waals surface area contributed by atoms with Crippen LogP contribution in [0.15, 0.2) is 24.3 Å². The fraction of sp³-hybridized carbons (Fsp3) is 0.357. The number of carboxylic acids is 1.